The number of ether oxygens (including phenoxy) is 2. The summed E-state index contributed by atoms with van der Waals surface area (Å²) in [4.78, 5) is 25.7. The maximum absolute atomic E-state index is 14.2. The number of methoxy groups -OCH3 is 1. The van der Waals surface area contributed by atoms with E-state index < -0.39 is 0 Å². The fourth-order valence-corrected chi connectivity index (χ4v) is 6.43. The highest BCUT2D eigenvalue weighted by atomic mass is 32.1. The Kier molecular flexibility index (Phi) is 8.71. The van der Waals surface area contributed by atoms with Gasteiger partial charge in [0.25, 0.3) is 5.91 Å². The third kappa shape index (κ3) is 6.24. The largest absolute Gasteiger partial charge is 0.488 e. The molecule has 38 heavy (non-hydrogen) atoms. The van der Waals surface area contributed by atoms with Gasteiger partial charge in [-0.3, -0.25) is 4.79 Å². The molecule has 204 valence electrons. The fraction of sp³-hybridized carbons (Fsp3) is 0.536. The molecule has 10 heteroatoms. The number of hydrogen-bond donors (Lipinski definition) is 2. The first-order valence-electron chi connectivity index (χ1n) is 13.5. The molecule has 1 saturated carbocycles. The molecule has 1 aliphatic heterocycles. The number of likely N-dealkylation sites (tertiary alicyclic amines) is 1. The van der Waals surface area contributed by atoms with Crippen LogP contribution in [0.4, 0.5) is 15.9 Å². The summed E-state index contributed by atoms with van der Waals surface area (Å²) in [7, 11) is 1.74. The molecule has 1 aliphatic carbocycles. The minimum Gasteiger partial charge on any atom is -0.488 e. The topological polar surface area (TPSA) is 88.6 Å². The number of anilines is 2. The van der Waals surface area contributed by atoms with E-state index in [-0.39, 0.29) is 23.9 Å². The van der Waals surface area contributed by atoms with Gasteiger partial charge in [0.05, 0.1) is 28.2 Å². The molecule has 5 rings (SSSR count). The molecule has 2 aliphatic rings. The second kappa shape index (κ2) is 12.4. The summed E-state index contributed by atoms with van der Waals surface area (Å²) in [6.07, 6.45) is 8.75. The Balaban J connectivity index is 1.30. The number of hydrogen-bond acceptors (Lipinski definition) is 8. The van der Waals surface area contributed by atoms with Crippen LogP contribution in [0.5, 0.6) is 5.75 Å². The number of halogens is 1. The van der Waals surface area contributed by atoms with Crippen molar-refractivity contribution < 1.29 is 18.7 Å². The first-order valence-corrected chi connectivity index (χ1v) is 14.3. The molecule has 0 spiro atoms. The molecule has 2 aromatic heterocycles. The lowest BCUT2D eigenvalue weighted by Gasteiger charge is -2.28. The number of carbonyl (C=O) groups is 1. The zero-order valence-corrected chi connectivity index (χ0v) is 22.9. The van der Waals surface area contributed by atoms with Gasteiger partial charge < -0.3 is 25.0 Å². The highest BCUT2D eigenvalue weighted by Crippen LogP contribution is 2.37. The predicted molar refractivity (Wildman–Crippen MR) is 148 cm³/mol. The molecule has 2 fully saturated rings. The number of nitrogens with one attached hydrogen (secondary N) is 2. The Bertz CT molecular complexity index is 1250. The Morgan fingerprint density at radius 3 is 2.68 bits per heavy atom. The Hall–Kier alpha value is -2.82. The van der Waals surface area contributed by atoms with E-state index in [1.165, 1.54) is 42.6 Å². The number of nitrogens with zero attached hydrogens (tertiary/aromatic N) is 3. The van der Waals surface area contributed by atoms with Gasteiger partial charge in [-0.25, -0.2) is 14.4 Å². The Morgan fingerprint density at radius 2 is 1.92 bits per heavy atom. The highest BCUT2D eigenvalue weighted by molar-refractivity contribution is 7.20. The zero-order chi connectivity index (χ0) is 26.5. The summed E-state index contributed by atoms with van der Waals surface area (Å²) in [6.45, 7) is 5.90. The molecular weight excluding hydrogens is 505 g/mol. The average molecular weight is 542 g/mol. The van der Waals surface area contributed by atoms with E-state index >= 15 is 0 Å². The lowest BCUT2D eigenvalue weighted by molar-refractivity contribution is 0.0329. The van der Waals surface area contributed by atoms with Crippen molar-refractivity contribution in [3.05, 3.63) is 40.8 Å². The van der Waals surface area contributed by atoms with E-state index in [2.05, 4.69) is 25.5 Å². The smallest absolute Gasteiger partial charge is 0.261 e. The maximum Gasteiger partial charge on any atom is 0.261 e. The molecule has 0 atom stereocenters. The normalized spacial score (nSPS) is 20.1. The summed E-state index contributed by atoms with van der Waals surface area (Å²) < 4.78 is 25.9. The van der Waals surface area contributed by atoms with Crippen LogP contribution in [0.3, 0.4) is 0 Å². The van der Waals surface area contributed by atoms with Crippen LogP contribution in [0.2, 0.25) is 0 Å². The number of thiophene rings is 1. The lowest BCUT2D eigenvalue weighted by Crippen LogP contribution is -2.28. The van der Waals surface area contributed by atoms with E-state index in [0.717, 1.165) is 67.5 Å². The fourth-order valence-electron chi connectivity index (χ4n) is 5.36. The van der Waals surface area contributed by atoms with Crippen molar-refractivity contribution >= 4 is 39.0 Å². The molecular formula is C28H36FN5O3S. The van der Waals surface area contributed by atoms with Gasteiger partial charge in [0.1, 0.15) is 28.5 Å². The molecule has 1 saturated heterocycles. The number of fused-ring (bicyclic) bond motifs is 1. The summed E-state index contributed by atoms with van der Waals surface area (Å²) in [5, 5.41) is 7.19. The number of carbonyl (C=O) groups excluding carboxylic acids is 1. The molecule has 0 bridgehead atoms. The second-order valence-electron chi connectivity index (χ2n) is 10.1. The lowest BCUT2D eigenvalue weighted by atomic mass is 9.95. The summed E-state index contributed by atoms with van der Waals surface area (Å²) in [5.74, 6) is 0.563. The predicted octanol–water partition coefficient (Wildman–Crippen LogP) is 5.43. The van der Waals surface area contributed by atoms with Crippen molar-refractivity contribution in [2.24, 2.45) is 0 Å². The standard InChI is InChI=1S/C28H36FN5O3S/c1-18-24-26(33-22-11-6-19(29)16-23(22)37-21-9-7-20(36-2)8-10-21)31-17-32-28(24)38-25(18)27(35)30-12-5-15-34-13-3-4-14-34/h6,11,16-17,20-21H,3-5,7-10,12-15H2,1-2H3,(H,30,35)(H,31,32,33)/t20-,21-. The molecule has 3 aromatic rings. The van der Waals surface area contributed by atoms with Crippen LogP contribution >= 0.6 is 11.3 Å². The van der Waals surface area contributed by atoms with E-state index in [1.54, 1.807) is 13.2 Å². The van der Waals surface area contributed by atoms with Crippen molar-refractivity contribution in [1.82, 2.24) is 20.2 Å². The van der Waals surface area contributed by atoms with Crippen molar-refractivity contribution in [1.29, 1.82) is 0 Å². The Morgan fingerprint density at radius 1 is 1.16 bits per heavy atom. The number of aryl methyl sites for hydroxylation is 1. The monoisotopic (exact) mass is 541 g/mol. The van der Waals surface area contributed by atoms with Crippen LogP contribution < -0.4 is 15.4 Å². The number of benzene rings is 1. The minimum atomic E-state index is -0.362. The van der Waals surface area contributed by atoms with Crippen LogP contribution in [0.15, 0.2) is 24.5 Å². The van der Waals surface area contributed by atoms with Crippen LogP contribution in [-0.2, 0) is 4.74 Å². The van der Waals surface area contributed by atoms with Gasteiger partial charge in [0, 0.05) is 19.7 Å². The number of rotatable bonds is 10. The van der Waals surface area contributed by atoms with E-state index in [0.29, 0.717) is 28.7 Å². The van der Waals surface area contributed by atoms with Gasteiger partial charge in [0.15, 0.2) is 0 Å². The van der Waals surface area contributed by atoms with Crippen molar-refractivity contribution in [2.75, 3.05) is 38.6 Å². The summed E-state index contributed by atoms with van der Waals surface area (Å²) >= 11 is 1.36. The van der Waals surface area contributed by atoms with Gasteiger partial charge in [-0.1, -0.05) is 0 Å². The number of aromatic nitrogens is 2. The Labute approximate surface area is 226 Å². The average Bonchev–Trinajstić information content (AvgIpc) is 3.57. The first-order chi connectivity index (χ1) is 18.5. The molecule has 1 amide bonds. The summed E-state index contributed by atoms with van der Waals surface area (Å²) in [6, 6.07) is 4.47. The van der Waals surface area contributed by atoms with Gasteiger partial charge >= 0.3 is 0 Å². The van der Waals surface area contributed by atoms with Gasteiger partial charge in [-0.2, -0.15) is 0 Å². The van der Waals surface area contributed by atoms with Crippen LogP contribution in [0.1, 0.15) is 60.2 Å². The summed E-state index contributed by atoms with van der Waals surface area (Å²) in [5.41, 5.74) is 1.45. The van der Waals surface area contributed by atoms with E-state index in [1.807, 2.05) is 6.92 Å². The zero-order valence-electron chi connectivity index (χ0n) is 22.1. The van der Waals surface area contributed by atoms with Crippen molar-refractivity contribution in [3.8, 4) is 5.75 Å². The third-order valence-corrected chi connectivity index (χ3v) is 8.71. The molecule has 8 nitrogen and oxygen atoms in total. The van der Waals surface area contributed by atoms with E-state index in [9.17, 15) is 9.18 Å². The first kappa shape index (κ1) is 26.8. The van der Waals surface area contributed by atoms with Gasteiger partial charge in [0.2, 0.25) is 0 Å². The van der Waals surface area contributed by atoms with Crippen molar-refractivity contribution in [3.63, 3.8) is 0 Å². The minimum absolute atomic E-state index is 0.00202. The van der Waals surface area contributed by atoms with Crippen LogP contribution in [-0.4, -0.2) is 66.3 Å². The quantitative estimate of drug-likeness (QED) is 0.331. The molecule has 0 unspecified atom stereocenters. The van der Waals surface area contributed by atoms with Crippen molar-refractivity contribution in [2.45, 2.75) is 64.1 Å². The number of amides is 1. The molecule has 1 aromatic carbocycles. The van der Waals surface area contributed by atoms with Crippen LogP contribution in [0.25, 0.3) is 10.2 Å². The van der Waals surface area contributed by atoms with Crippen LogP contribution in [0, 0.1) is 12.7 Å². The SMILES string of the molecule is CO[C@H]1CC[C@H](Oc2cc(F)ccc2Nc2ncnc3sc(C(=O)NCCCN4CCCC4)c(C)c23)CC1. The van der Waals surface area contributed by atoms with E-state index in [4.69, 9.17) is 9.47 Å². The molecule has 3 heterocycles. The maximum atomic E-state index is 14.2. The molecule has 0 radical (unpaired) electrons. The third-order valence-electron chi connectivity index (χ3n) is 7.51. The second-order valence-corrected chi connectivity index (χ2v) is 11.1. The molecule has 2 N–H and O–H groups in total. The van der Waals surface area contributed by atoms with Gasteiger partial charge in [-0.05, 0) is 89.2 Å². The van der Waals surface area contributed by atoms with Gasteiger partial charge in [-0.15, -0.1) is 11.3 Å². The highest BCUT2D eigenvalue weighted by Gasteiger charge is 2.24.